The van der Waals surface area contributed by atoms with Crippen molar-refractivity contribution in [3.63, 3.8) is 0 Å². The van der Waals surface area contributed by atoms with Crippen LogP contribution in [0.5, 0.6) is 0 Å². The van der Waals surface area contributed by atoms with Gasteiger partial charge in [0.25, 0.3) is 17.4 Å². The van der Waals surface area contributed by atoms with Crippen LogP contribution >= 0.6 is 15.9 Å². The fourth-order valence-electron chi connectivity index (χ4n) is 8.27. The average Bonchev–Trinajstić information content (AvgIpc) is 3.77. The number of amides is 5. The summed E-state index contributed by atoms with van der Waals surface area (Å²) >= 11 is 3.58. The number of imide groups is 1. The Labute approximate surface area is 379 Å². The molecular formula is C46H56BrN7O10. The number of halogens is 1. The van der Waals surface area contributed by atoms with E-state index >= 15 is 0 Å². The van der Waals surface area contributed by atoms with Gasteiger partial charge in [0.05, 0.1) is 35.4 Å². The van der Waals surface area contributed by atoms with E-state index in [1.165, 1.54) is 12.2 Å². The van der Waals surface area contributed by atoms with Gasteiger partial charge in [-0.2, -0.15) is 0 Å². The lowest BCUT2D eigenvalue weighted by molar-refractivity contribution is -0.190. The summed E-state index contributed by atoms with van der Waals surface area (Å²) in [5, 5.41) is 9.29. The Bertz CT molecular complexity index is 2450. The lowest BCUT2D eigenvalue weighted by Gasteiger charge is -2.36. The normalized spacial score (nSPS) is 17.4. The first-order valence-electron chi connectivity index (χ1n) is 21.8. The fourth-order valence-corrected chi connectivity index (χ4v) is 8.74. The molecule has 3 aliphatic rings. The molecule has 342 valence electrons. The second kappa shape index (κ2) is 20.0. The molecule has 3 aromatic rings. The van der Waals surface area contributed by atoms with E-state index in [0.717, 1.165) is 25.8 Å². The van der Waals surface area contributed by atoms with Gasteiger partial charge in [-0.05, 0) is 74.2 Å². The van der Waals surface area contributed by atoms with E-state index in [9.17, 15) is 38.4 Å². The van der Waals surface area contributed by atoms with Crippen LogP contribution in [0.1, 0.15) is 103 Å². The molecule has 17 nitrogen and oxygen atoms in total. The van der Waals surface area contributed by atoms with E-state index in [0.29, 0.717) is 37.1 Å². The summed E-state index contributed by atoms with van der Waals surface area (Å²) in [6.07, 6.45) is 4.56. The van der Waals surface area contributed by atoms with Crippen molar-refractivity contribution in [1.82, 2.24) is 30.4 Å². The summed E-state index contributed by atoms with van der Waals surface area (Å²) in [4.78, 5) is 111. The highest BCUT2D eigenvalue weighted by Gasteiger charge is 2.51. The third-order valence-electron chi connectivity index (χ3n) is 11.9. The molecule has 0 saturated carbocycles. The molecule has 18 heteroatoms. The molecule has 0 bridgehead atoms. The highest BCUT2D eigenvalue weighted by molar-refractivity contribution is 9.10. The van der Waals surface area contributed by atoms with Crippen LogP contribution in [-0.2, 0) is 61.8 Å². The Morgan fingerprint density at radius 3 is 2.42 bits per heavy atom. The summed E-state index contributed by atoms with van der Waals surface area (Å²) in [5.41, 5.74) is 5.70. The Balaban J connectivity index is 1.07. The fraction of sp³-hybridized carbons (Fsp3) is 0.500. The maximum atomic E-state index is 14.0. The van der Waals surface area contributed by atoms with E-state index in [1.807, 2.05) is 24.3 Å². The number of nitrogens with two attached hydrogens (primary N) is 1. The summed E-state index contributed by atoms with van der Waals surface area (Å²) < 4.78 is 14.0. The van der Waals surface area contributed by atoms with Gasteiger partial charge in [-0.25, -0.2) is 9.78 Å². The van der Waals surface area contributed by atoms with Gasteiger partial charge in [0.2, 0.25) is 23.3 Å². The molecule has 2 aromatic heterocycles. The topological polar surface area (TPSA) is 238 Å². The molecule has 5 amide bonds. The second-order valence-corrected chi connectivity index (χ2v) is 18.5. The van der Waals surface area contributed by atoms with E-state index in [2.05, 4.69) is 31.9 Å². The van der Waals surface area contributed by atoms with Crippen molar-refractivity contribution in [2.75, 3.05) is 19.6 Å². The Morgan fingerprint density at radius 1 is 1.00 bits per heavy atom. The van der Waals surface area contributed by atoms with Crippen molar-refractivity contribution >= 4 is 68.3 Å². The number of hydrogen-bond acceptors (Lipinski definition) is 12. The van der Waals surface area contributed by atoms with Crippen molar-refractivity contribution in [2.24, 2.45) is 17.1 Å². The maximum absolute atomic E-state index is 14.0. The van der Waals surface area contributed by atoms with Crippen LogP contribution in [0.4, 0.5) is 0 Å². The number of carbonyl (C=O) groups is 7. The minimum Gasteiger partial charge on any atom is -0.457 e. The third kappa shape index (κ3) is 10.3. The van der Waals surface area contributed by atoms with E-state index in [-0.39, 0.29) is 98.8 Å². The van der Waals surface area contributed by atoms with Crippen LogP contribution in [-0.4, -0.2) is 87.6 Å². The number of carbonyl (C=O) groups excluding carboxylic acids is 7. The highest BCUT2D eigenvalue weighted by atomic mass is 79.9. The number of aromatic nitrogens is 2. The van der Waals surface area contributed by atoms with E-state index in [1.54, 1.807) is 45.3 Å². The molecular weight excluding hydrogens is 890 g/mol. The van der Waals surface area contributed by atoms with Gasteiger partial charge in [0.15, 0.2) is 0 Å². The van der Waals surface area contributed by atoms with Gasteiger partial charge < -0.3 is 35.7 Å². The number of pyridine rings is 2. The molecule has 5 N–H and O–H groups in total. The monoisotopic (exact) mass is 945 g/mol. The Hall–Kier alpha value is -5.75. The molecule has 3 atom stereocenters. The average molecular weight is 947 g/mol. The predicted octanol–water partition coefficient (Wildman–Crippen LogP) is 3.78. The molecule has 0 radical (unpaired) electrons. The minimum atomic E-state index is -1.91. The molecule has 64 heavy (non-hydrogen) atoms. The summed E-state index contributed by atoms with van der Waals surface area (Å²) in [6.45, 7) is 9.21. The smallest absolute Gasteiger partial charge is 0.355 e. The molecule has 0 fully saturated rings. The zero-order valence-electron chi connectivity index (χ0n) is 36.8. The highest BCUT2D eigenvalue weighted by Crippen LogP contribution is 2.42. The van der Waals surface area contributed by atoms with Gasteiger partial charge in [0.1, 0.15) is 18.7 Å². The number of hydrogen-bond donors (Lipinski definition) is 4. The van der Waals surface area contributed by atoms with Gasteiger partial charge in [-0.1, -0.05) is 63.0 Å². The first-order valence-corrected chi connectivity index (χ1v) is 22.5. The molecule has 0 spiro atoms. The van der Waals surface area contributed by atoms with Crippen LogP contribution in [0.3, 0.4) is 0 Å². The number of unbranched alkanes of at least 4 members (excludes halogenated alkanes) is 2. The van der Waals surface area contributed by atoms with Crippen LogP contribution in [0, 0.1) is 11.3 Å². The molecule has 3 aliphatic heterocycles. The zero-order chi connectivity index (χ0) is 46.5. The number of rotatable bonds is 20. The van der Waals surface area contributed by atoms with E-state index < -0.39 is 46.9 Å². The van der Waals surface area contributed by atoms with Crippen LogP contribution in [0.15, 0.2) is 51.8 Å². The SMILES string of the molecule is CC[C@@]1(OC(=O)CC(C)(C)CNC(=O)[C@H](CCCN)NC(=O)[C@@H](NC(=O)CCCCCN2C(=O)C=CC2=O)C(C)C)C(=O)OCc2c1cc1n(c2=O)Cc2cc3c(Br)cccc3nc2-1. The molecule has 6 rings (SSSR count). The zero-order valence-corrected chi connectivity index (χ0v) is 38.4. The van der Waals surface area contributed by atoms with Crippen LogP contribution < -0.4 is 27.2 Å². The number of fused-ring (bicyclic) bond motifs is 5. The summed E-state index contributed by atoms with van der Waals surface area (Å²) in [6, 6.07) is 7.41. The molecule has 0 aliphatic carbocycles. The Morgan fingerprint density at radius 2 is 1.73 bits per heavy atom. The van der Waals surface area contributed by atoms with Crippen molar-refractivity contribution in [3.8, 4) is 11.4 Å². The summed E-state index contributed by atoms with van der Waals surface area (Å²) in [7, 11) is 0. The quantitative estimate of drug-likeness (QED) is 0.0563. The molecule has 0 saturated heterocycles. The van der Waals surface area contributed by atoms with Crippen molar-refractivity contribution < 1.29 is 43.0 Å². The first kappa shape index (κ1) is 47.7. The van der Waals surface area contributed by atoms with Gasteiger partial charge >= 0.3 is 11.9 Å². The largest absolute Gasteiger partial charge is 0.457 e. The lowest BCUT2D eigenvalue weighted by Crippen LogP contribution is -2.56. The number of benzene rings is 1. The van der Waals surface area contributed by atoms with Gasteiger partial charge in [0, 0.05) is 52.6 Å². The first-order chi connectivity index (χ1) is 30.4. The predicted molar refractivity (Wildman–Crippen MR) is 239 cm³/mol. The number of esters is 2. The van der Waals surface area contributed by atoms with Crippen LogP contribution in [0.25, 0.3) is 22.3 Å². The number of ether oxygens (including phenoxy) is 2. The molecule has 1 aromatic carbocycles. The minimum absolute atomic E-state index is 0.0147. The maximum Gasteiger partial charge on any atom is 0.355 e. The van der Waals surface area contributed by atoms with Crippen molar-refractivity contribution in [2.45, 2.75) is 117 Å². The van der Waals surface area contributed by atoms with Crippen molar-refractivity contribution in [3.05, 3.63) is 74.0 Å². The van der Waals surface area contributed by atoms with Crippen LogP contribution in [0.2, 0.25) is 0 Å². The number of cyclic esters (lactones) is 1. The molecule has 0 unspecified atom stereocenters. The third-order valence-corrected chi connectivity index (χ3v) is 12.6. The number of nitrogens with zero attached hydrogens (tertiary/aromatic N) is 3. The van der Waals surface area contributed by atoms with E-state index in [4.69, 9.17) is 20.2 Å². The van der Waals surface area contributed by atoms with Gasteiger partial charge in [-0.3, -0.25) is 38.5 Å². The number of nitrogens with one attached hydrogen (secondary N) is 3. The standard InChI is InChI=1S/C46H56BrN7O10/c1-6-46(30-21-34-40-27(20-28-31(47)12-10-13-32(28)50-40)23-54(34)43(61)29(30)24-63-44(46)62)64-38(58)22-45(4,5)25-49-41(59)33(14-11-18-48)51-42(60)39(26(2)3)52-35(55)15-8-7-9-19-53-36(56)16-17-37(53)57/h10,12-13,16-17,20-21,26,33,39H,6-9,11,14-15,18-19,22-25,48H2,1-5H3,(H,49,59)(H,51,60)(H,52,55)/t33-,39-,46-/m0/s1. The second-order valence-electron chi connectivity index (χ2n) is 17.7. The van der Waals surface area contributed by atoms with Crippen molar-refractivity contribution in [1.29, 1.82) is 0 Å². The lowest BCUT2D eigenvalue weighted by atomic mass is 9.84. The Kier molecular flexibility index (Phi) is 14.9. The molecule has 5 heterocycles. The van der Waals surface area contributed by atoms with Gasteiger partial charge in [-0.15, -0.1) is 0 Å². The summed E-state index contributed by atoms with van der Waals surface area (Å²) in [5.74, 6) is -3.98.